The van der Waals surface area contributed by atoms with Crippen molar-refractivity contribution in [3.63, 3.8) is 0 Å². The first kappa shape index (κ1) is 18.0. The van der Waals surface area contributed by atoms with Gasteiger partial charge in [-0.1, -0.05) is 18.2 Å². The minimum Gasteiger partial charge on any atom is -0.486 e. The second-order valence-electron chi connectivity index (χ2n) is 7.63. The molecule has 0 radical (unpaired) electrons. The van der Waals surface area contributed by atoms with Crippen LogP contribution in [0, 0.1) is 0 Å². The Bertz CT molecular complexity index is 925. The summed E-state index contributed by atoms with van der Waals surface area (Å²) in [6.45, 7) is 4.41. The number of quaternary nitrogens is 1. The molecule has 2 aromatic rings. The van der Waals surface area contributed by atoms with Crippen LogP contribution in [-0.2, 0) is 9.59 Å². The highest BCUT2D eigenvalue weighted by molar-refractivity contribution is 6.22. The number of hydrogen-bond donors (Lipinski definition) is 1. The monoisotopic (exact) mass is 394 g/mol. The molecule has 5 rings (SSSR count). The van der Waals surface area contributed by atoms with Crippen molar-refractivity contribution >= 4 is 23.2 Å². The zero-order valence-corrected chi connectivity index (χ0v) is 16.2. The van der Waals surface area contributed by atoms with E-state index in [1.165, 1.54) is 15.5 Å². The van der Waals surface area contributed by atoms with E-state index < -0.39 is 0 Å². The highest BCUT2D eigenvalue weighted by Gasteiger charge is 2.46. The molecular formula is C22H24N3O4+. The predicted octanol–water partition coefficient (Wildman–Crippen LogP) is 0.495. The van der Waals surface area contributed by atoms with Crippen LogP contribution in [0.4, 0.5) is 11.4 Å². The van der Waals surface area contributed by atoms with Gasteiger partial charge in [0, 0.05) is 11.8 Å². The largest absolute Gasteiger partial charge is 0.486 e. The van der Waals surface area contributed by atoms with Crippen LogP contribution >= 0.6 is 0 Å². The molecule has 1 atom stereocenters. The van der Waals surface area contributed by atoms with E-state index in [4.69, 9.17) is 9.47 Å². The Labute approximate surface area is 169 Å². The molecule has 0 bridgehead atoms. The Kier molecular flexibility index (Phi) is 4.60. The summed E-state index contributed by atoms with van der Waals surface area (Å²) in [6.07, 6.45) is 0.258. The van der Waals surface area contributed by atoms with Crippen LogP contribution in [-0.4, -0.2) is 57.2 Å². The van der Waals surface area contributed by atoms with Crippen molar-refractivity contribution in [2.45, 2.75) is 12.5 Å². The van der Waals surface area contributed by atoms with Crippen LogP contribution in [0.5, 0.6) is 11.5 Å². The van der Waals surface area contributed by atoms with Crippen molar-refractivity contribution in [1.29, 1.82) is 0 Å². The molecule has 7 heteroatoms. The lowest BCUT2D eigenvalue weighted by Gasteiger charge is -2.35. The van der Waals surface area contributed by atoms with Crippen LogP contribution in [0.15, 0.2) is 48.5 Å². The number of nitrogens with one attached hydrogen (secondary N) is 1. The summed E-state index contributed by atoms with van der Waals surface area (Å²) in [6, 6.07) is 15.3. The number of hydrogen-bond acceptors (Lipinski definition) is 5. The smallest absolute Gasteiger partial charge is 0.292 e. The van der Waals surface area contributed by atoms with Crippen LogP contribution in [0.25, 0.3) is 0 Å². The summed E-state index contributed by atoms with van der Waals surface area (Å²) in [5, 5.41) is 0. The van der Waals surface area contributed by atoms with Gasteiger partial charge in [0.05, 0.1) is 38.3 Å². The third-order valence-electron chi connectivity index (χ3n) is 5.95. The maximum atomic E-state index is 13.1. The summed E-state index contributed by atoms with van der Waals surface area (Å²) in [4.78, 5) is 30.7. The fourth-order valence-corrected chi connectivity index (χ4v) is 4.43. The van der Waals surface area contributed by atoms with Crippen molar-refractivity contribution in [2.75, 3.05) is 49.2 Å². The van der Waals surface area contributed by atoms with Gasteiger partial charge in [0.25, 0.3) is 5.91 Å². The molecule has 3 aliphatic rings. The molecule has 1 N–H and O–H groups in total. The summed E-state index contributed by atoms with van der Waals surface area (Å²) < 4.78 is 11.1. The lowest BCUT2D eigenvalue weighted by Crippen LogP contribution is -3.19. The number of amides is 2. The molecule has 0 unspecified atom stereocenters. The molecule has 2 fully saturated rings. The highest BCUT2D eigenvalue weighted by atomic mass is 16.6. The molecule has 0 spiro atoms. The fourth-order valence-electron chi connectivity index (χ4n) is 4.43. The number of nitrogens with zero attached hydrogens (tertiary/aromatic N) is 2. The first-order valence-corrected chi connectivity index (χ1v) is 10.1. The third kappa shape index (κ3) is 3.31. The number of para-hydroxylation sites is 1. The van der Waals surface area contributed by atoms with E-state index in [9.17, 15) is 9.59 Å². The van der Waals surface area contributed by atoms with Crippen LogP contribution in [0.3, 0.4) is 0 Å². The van der Waals surface area contributed by atoms with Crippen molar-refractivity contribution in [2.24, 2.45) is 0 Å². The van der Waals surface area contributed by atoms with Crippen molar-refractivity contribution in [3.8, 4) is 11.5 Å². The molecule has 0 saturated carbocycles. The third-order valence-corrected chi connectivity index (χ3v) is 5.95. The molecule has 150 valence electrons. The SMILES string of the molecule is O=C1C[C@@H]([NH+]2CCN(c3ccccc3)CC2)C(=O)N1c1ccc2c(c1)OCCO2. The lowest BCUT2D eigenvalue weighted by molar-refractivity contribution is -0.915. The van der Waals surface area contributed by atoms with E-state index in [-0.39, 0.29) is 24.3 Å². The number of benzene rings is 2. The number of piperazine rings is 1. The first-order chi connectivity index (χ1) is 14.2. The van der Waals surface area contributed by atoms with Crippen molar-refractivity contribution in [1.82, 2.24) is 0 Å². The predicted molar refractivity (Wildman–Crippen MR) is 108 cm³/mol. The van der Waals surface area contributed by atoms with E-state index in [0.717, 1.165) is 26.2 Å². The second-order valence-corrected chi connectivity index (χ2v) is 7.63. The van der Waals surface area contributed by atoms with Gasteiger partial charge in [-0.3, -0.25) is 9.59 Å². The Morgan fingerprint density at radius 1 is 0.862 bits per heavy atom. The number of ether oxygens (including phenoxy) is 2. The average molecular weight is 394 g/mol. The van der Waals surface area contributed by atoms with E-state index in [0.29, 0.717) is 30.4 Å². The summed E-state index contributed by atoms with van der Waals surface area (Å²) >= 11 is 0. The normalized spacial score (nSPS) is 22.3. The first-order valence-electron chi connectivity index (χ1n) is 10.1. The number of anilines is 2. The van der Waals surface area contributed by atoms with Crippen LogP contribution in [0.1, 0.15) is 6.42 Å². The maximum absolute atomic E-state index is 13.1. The summed E-state index contributed by atoms with van der Waals surface area (Å²) in [7, 11) is 0. The van der Waals surface area contributed by atoms with Gasteiger partial charge in [-0.25, -0.2) is 4.90 Å². The standard InChI is InChI=1S/C22H23N3O4/c26-21-15-18(24-10-8-23(9-11-24)16-4-2-1-3-5-16)22(27)25(21)17-6-7-19-20(14-17)29-13-12-28-19/h1-7,14,18H,8-13,15H2/p+1/t18-/m1/s1. The quantitative estimate of drug-likeness (QED) is 0.768. The van der Waals surface area contributed by atoms with Crippen molar-refractivity contribution < 1.29 is 24.0 Å². The van der Waals surface area contributed by atoms with Gasteiger partial charge in [-0.05, 0) is 24.3 Å². The average Bonchev–Trinajstić information content (AvgIpc) is 3.08. The zero-order chi connectivity index (χ0) is 19.8. The van der Waals surface area contributed by atoms with Gasteiger partial charge in [0.1, 0.15) is 13.2 Å². The summed E-state index contributed by atoms with van der Waals surface area (Å²) in [5.41, 5.74) is 1.77. The molecule has 2 saturated heterocycles. The van der Waals surface area contributed by atoms with Gasteiger partial charge in [-0.2, -0.15) is 0 Å². The Hall–Kier alpha value is -3.06. The Morgan fingerprint density at radius 2 is 1.59 bits per heavy atom. The fraction of sp³-hybridized carbons (Fsp3) is 0.364. The van der Waals surface area contributed by atoms with Gasteiger partial charge in [-0.15, -0.1) is 0 Å². The maximum Gasteiger partial charge on any atom is 0.292 e. The number of fused-ring (bicyclic) bond motifs is 1. The number of carbonyl (C=O) groups excluding carboxylic acids is 2. The van der Waals surface area contributed by atoms with Gasteiger partial charge in [0.15, 0.2) is 17.5 Å². The molecule has 2 aromatic carbocycles. The van der Waals surface area contributed by atoms with Gasteiger partial charge >= 0.3 is 0 Å². The van der Waals surface area contributed by atoms with E-state index in [1.807, 2.05) is 18.2 Å². The van der Waals surface area contributed by atoms with Gasteiger partial charge in [0.2, 0.25) is 5.91 Å². The van der Waals surface area contributed by atoms with Crippen LogP contribution in [0.2, 0.25) is 0 Å². The van der Waals surface area contributed by atoms with E-state index >= 15 is 0 Å². The molecular weight excluding hydrogens is 370 g/mol. The number of imide groups is 1. The number of carbonyl (C=O) groups is 2. The van der Waals surface area contributed by atoms with E-state index in [1.54, 1.807) is 18.2 Å². The lowest BCUT2D eigenvalue weighted by atomic mass is 10.1. The topological polar surface area (TPSA) is 63.5 Å². The molecule has 0 aromatic heterocycles. The molecule has 3 aliphatic heterocycles. The Balaban J connectivity index is 1.29. The second kappa shape index (κ2) is 7.40. The molecule has 3 heterocycles. The number of rotatable bonds is 3. The minimum absolute atomic E-state index is 0.116. The molecule has 29 heavy (non-hydrogen) atoms. The zero-order valence-electron chi connectivity index (χ0n) is 16.2. The molecule has 7 nitrogen and oxygen atoms in total. The van der Waals surface area contributed by atoms with Gasteiger partial charge < -0.3 is 19.3 Å². The minimum atomic E-state index is -0.311. The molecule has 0 aliphatic carbocycles. The van der Waals surface area contributed by atoms with Crippen molar-refractivity contribution in [3.05, 3.63) is 48.5 Å². The molecule has 2 amide bonds. The highest BCUT2D eigenvalue weighted by Crippen LogP contribution is 2.35. The summed E-state index contributed by atoms with van der Waals surface area (Å²) in [5.74, 6) is 0.976. The van der Waals surface area contributed by atoms with Crippen LogP contribution < -0.4 is 24.2 Å². The van der Waals surface area contributed by atoms with E-state index in [2.05, 4.69) is 17.0 Å². The Morgan fingerprint density at radius 3 is 2.34 bits per heavy atom.